The fourth-order valence-electron chi connectivity index (χ4n) is 2.26. The number of carbonyl (C=O) groups is 1. The molecule has 1 N–H and O–H groups in total. The molecule has 1 saturated heterocycles. The number of hydrogen-bond donors (Lipinski definition) is 1. The minimum absolute atomic E-state index is 0.0667. The summed E-state index contributed by atoms with van der Waals surface area (Å²) in [7, 11) is 0. The second-order valence-electron chi connectivity index (χ2n) is 4.46. The van der Waals surface area contributed by atoms with E-state index in [2.05, 4.69) is 5.32 Å². The van der Waals surface area contributed by atoms with Gasteiger partial charge in [-0.1, -0.05) is 0 Å². The monoisotopic (exact) mass is 248 g/mol. The maximum atomic E-state index is 12.4. The molecule has 0 bridgehead atoms. The molecular formula is C13H16N2O3. The van der Waals surface area contributed by atoms with Crippen molar-refractivity contribution in [1.29, 1.82) is 0 Å². The van der Waals surface area contributed by atoms with Crippen LogP contribution in [0.5, 0.6) is 11.5 Å². The highest BCUT2D eigenvalue weighted by Crippen LogP contribution is 2.32. The van der Waals surface area contributed by atoms with Crippen LogP contribution in [0.3, 0.4) is 0 Å². The number of nitrogens with one attached hydrogen (secondary N) is 1. The van der Waals surface area contributed by atoms with Crippen LogP contribution >= 0.6 is 0 Å². The Morgan fingerprint density at radius 3 is 3.00 bits per heavy atom. The fraction of sp³-hybridized carbons (Fsp3) is 0.462. The van der Waals surface area contributed by atoms with Crippen molar-refractivity contribution in [2.45, 2.75) is 6.42 Å². The van der Waals surface area contributed by atoms with Crippen LogP contribution in [0.2, 0.25) is 0 Å². The summed E-state index contributed by atoms with van der Waals surface area (Å²) < 4.78 is 10.5. The van der Waals surface area contributed by atoms with E-state index in [0.29, 0.717) is 17.1 Å². The molecule has 1 amide bonds. The van der Waals surface area contributed by atoms with Gasteiger partial charge >= 0.3 is 0 Å². The summed E-state index contributed by atoms with van der Waals surface area (Å²) in [5, 5.41) is 3.29. The molecule has 96 valence electrons. The molecule has 2 heterocycles. The van der Waals surface area contributed by atoms with Gasteiger partial charge in [0.05, 0.1) is 0 Å². The van der Waals surface area contributed by atoms with Crippen molar-refractivity contribution < 1.29 is 14.3 Å². The van der Waals surface area contributed by atoms with Gasteiger partial charge in [0.2, 0.25) is 6.79 Å². The summed E-state index contributed by atoms with van der Waals surface area (Å²) in [4.78, 5) is 14.2. The van der Waals surface area contributed by atoms with Crippen molar-refractivity contribution in [3.63, 3.8) is 0 Å². The predicted octanol–water partition coefficient (Wildman–Crippen LogP) is 0.851. The summed E-state index contributed by atoms with van der Waals surface area (Å²) >= 11 is 0. The maximum Gasteiger partial charge on any atom is 0.254 e. The van der Waals surface area contributed by atoms with Crippen LogP contribution in [0.1, 0.15) is 16.8 Å². The third kappa shape index (κ3) is 2.13. The molecule has 18 heavy (non-hydrogen) atoms. The summed E-state index contributed by atoms with van der Waals surface area (Å²) in [6.07, 6.45) is 0.996. The molecule has 1 fully saturated rings. The maximum absolute atomic E-state index is 12.4. The molecule has 0 radical (unpaired) electrons. The quantitative estimate of drug-likeness (QED) is 0.800. The zero-order valence-corrected chi connectivity index (χ0v) is 10.1. The van der Waals surface area contributed by atoms with Crippen molar-refractivity contribution in [1.82, 2.24) is 10.2 Å². The first-order chi connectivity index (χ1) is 8.84. The van der Waals surface area contributed by atoms with Gasteiger partial charge in [0.25, 0.3) is 5.91 Å². The Hall–Kier alpha value is -1.75. The first-order valence-corrected chi connectivity index (χ1v) is 6.24. The fourth-order valence-corrected chi connectivity index (χ4v) is 2.26. The molecule has 1 aromatic carbocycles. The Kier molecular flexibility index (Phi) is 3.06. The molecule has 3 rings (SSSR count). The van der Waals surface area contributed by atoms with Crippen LogP contribution < -0.4 is 14.8 Å². The Labute approximate surface area is 106 Å². The lowest BCUT2D eigenvalue weighted by Crippen LogP contribution is -2.34. The summed E-state index contributed by atoms with van der Waals surface area (Å²) in [6.45, 7) is 3.63. The third-order valence-corrected chi connectivity index (χ3v) is 3.25. The normalized spacial score (nSPS) is 18.6. The standard InChI is InChI=1S/C13H16N2O3/c16-13(15-6-1-4-14-5-7-15)10-2-3-11-12(8-10)18-9-17-11/h2-3,8,14H,1,4-7,9H2. The highest BCUT2D eigenvalue weighted by Gasteiger charge is 2.20. The van der Waals surface area contributed by atoms with Gasteiger partial charge in [0.15, 0.2) is 11.5 Å². The molecule has 0 unspecified atom stereocenters. The average Bonchev–Trinajstić information content (AvgIpc) is 2.69. The van der Waals surface area contributed by atoms with Gasteiger partial charge in [-0.05, 0) is 31.2 Å². The van der Waals surface area contributed by atoms with Crippen molar-refractivity contribution in [3.8, 4) is 11.5 Å². The smallest absolute Gasteiger partial charge is 0.254 e. The Bertz CT molecular complexity index is 454. The lowest BCUT2D eigenvalue weighted by atomic mass is 10.1. The van der Waals surface area contributed by atoms with Crippen LogP contribution in [0.4, 0.5) is 0 Å². The lowest BCUT2D eigenvalue weighted by Gasteiger charge is -2.20. The third-order valence-electron chi connectivity index (χ3n) is 3.25. The Morgan fingerprint density at radius 2 is 2.06 bits per heavy atom. The van der Waals surface area contributed by atoms with Gasteiger partial charge in [-0.2, -0.15) is 0 Å². The number of carbonyl (C=O) groups excluding carboxylic acids is 1. The lowest BCUT2D eigenvalue weighted by molar-refractivity contribution is 0.0766. The van der Waals surface area contributed by atoms with E-state index in [1.165, 1.54) is 0 Å². The molecular weight excluding hydrogens is 232 g/mol. The molecule has 1 aromatic rings. The SMILES string of the molecule is O=C(c1ccc2c(c1)OCO2)N1CCCNCC1. The van der Waals surface area contributed by atoms with E-state index < -0.39 is 0 Å². The largest absolute Gasteiger partial charge is 0.454 e. The van der Waals surface area contributed by atoms with E-state index in [9.17, 15) is 4.79 Å². The zero-order valence-electron chi connectivity index (χ0n) is 10.1. The minimum Gasteiger partial charge on any atom is -0.454 e. The first kappa shape index (κ1) is 11.3. The van der Waals surface area contributed by atoms with E-state index in [1.807, 2.05) is 4.90 Å². The van der Waals surface area contributed by atoms with Gasteiger partial charge in [0, 0.05) is 25.2 Å². The number of amides is 1. The van der Waals surface area contributed by atoms with E-state index >= 15 is 0 Å². The predicted molar refractivity (Wildman–Crippen MR) is 66.0 cm³/mol. The minimum atomic E-state index is 0.0667. The van der Waals surface area contributed by atoms with Crippen molar-refractivity contribution in [2.75, 3.05) is 33.0 Å². The molecule has 2 aliphatic rings. The molecule has 5 nitrogen and oxygen atoms in total. The van der Waals surface area contributed by atoms with Crippen LogP contribution in [0.25, 0.3) is 0 Å². The molecule has 0 atom stereocenters. The van der Waals surface area contributed by atoms with Crippen molar-refractivity contribution in [2.24, 2.45) is 0 Å². The van der Waals surface area contributed by atoms with Crippen LogP contribution in [0.15, 0.2) is 18.2 Å². The van der Waals surface area contributed by atoms with Crippen LogP contribution in [0, 0.1) is 0 Å². The molecule has 2 aliphatic heterocycles. The second-order valence-corrected chi connectivity index (χ2v) is 4.46. The van der Waals surface area contributed by atoms with Gasteiger partial charge in [-0.3, -0.25) is 4.79 Å². The zero-order chi connectivity index (χ0) is 12.4. The topological polar surface area (TPSA) is 50.8 Å². The Morgan fingerprint density at radius 1 is 1.17 bits per heavy atom. The van der Waals surface area contributed by atoms with E-state index in [4.69, 9.17) is 9.47 Å². The number of nitrogens with zero attached hydrogens (tertiary/aromatic N) is 1. The van der Waals surface area contributed by atoms with Crippen molar-refractivity contribution >= 4 is 5.91 Å². The number of ether oxygens (including phenoxy) is 2. The van der Waals surface area contributed by atoms with Crippen LogP contribution in [-0.2, 0) is 0 Å². The van der Waals surface area contributed by atoms with Crippen LogP contribution in [-0.4, -0.2) is 43.8 Å². The average molecular weight is 248 g/mol. The van der Waals surface area contributed by atoms with E-state index in [-0.39, 0.29) is 12.7 Å². The summed E-state index contributed by atoms with van der Waals surface area (Å²) in [6, 6.07) is 5.36. The van der Waals surface area contributed by atoms with Crippen molar-refractivity contribution in [3.05, 3.63) is 23.8 Å². The highest BCUT2D eigenvalue weighted by molar-refractivity contribution is 5.95. The Balaban J connectivity index is 1.79. The highest BCUT2D eigenvalue weighted by atomic mass is 16.7. The molecule has 0 aliphatic carbocycles. The van der Waals surface area contributed by atoms with E-state index in [1.54, 1.807) is 18.2 Å². The van der Waals surface area contributed by atoms with Gasteiger partial charge < -0.3 is 19.7 Å². The molecule has 0 aromatic heterocycles. The molecule has 0 saturated carbocycles. The summed E-state index contributed by atoms with van der Waals surface area (Å²) in [5.41, 5.74) is 0.668. The number of benzene rings is 1. The number of rotatable bonds is 1. The van der Waals surface area contributed by atoms with Gasteiger partial charge in [0.1, 0.15) is 0 Å². The molecule has 0 spiro atoms. The number of hydrogen-bond acceptors (Lipinski definition) is 4. The second kappa shape index (κ2) is 4.86. The first-order valence-electron chi connectivity index (χ1n) is 6.24. The number of fused-ring (bicyclic) bond motifs is 1. The molecule has 5 heteroatoms. The van der Waals surface area contributed by atoms with Gasteiger partial charge in [-0.25, -0.2) is 0 Å². The van der Waals surface area contributed by atoms with Gasteiger partial charge in [-0.15, -0.1) is 0 Å². The summed E-state index contributed by atoms with van der Waals surface area (Å²) in [5.74, 6) is 1.44. The van der Waals surface area contributed by atoms with E-state index in [0.717, 1.165) is 32.6 Å².